The number of hydrogen-bond acceptors (Lipinski definition) is 6. The van der Waals surface area contributed by atoms with Crippen molar-refractivity contribution in [3.63, 3.8) is 0 Å². The summed E-state index contributed by atoms with van der Waals surface area (Å²) in [4.78, 5) is 30.0. The number of aliphatic imine (C=N–C) groups is 1. The molecule has 0 bridgehead atoms. The molecule has 0 aliphatic heterocycles. The zero-order chi connectivity index (χ0) is 27.7. The monoisotopic (exact) mass is 524 g/mol. The van der Waals surface area contributed by atoms with Gasteiger partial charge < -0.3 is 25.8 Å². The maximum absolute atomic E-state index is 13.4. The van der Waals surface area contributed by atoms with Gasteiger partial charge in [-0.3, -0.25) is 9.79 Å². The second-order valence-electron chi connectivity index (χ2n) is 11.3. The zero-order valence-electron chi connectivity index (χ0n) is 23.2. The Morgan fingerprint density at radius 1 is 1.18 bits per heavy atom. The van der Waals surface area contributed by atoms with Crippen molar-refractivity contribution in [3.05, 3.63) is 53.2 Å². The minimum Gasteiger partial charge on any atom is -0.480 e. The Kier molecular flexibility index (Phi) is 10.5. The van der Waals surface area contributed by atoms with Crippen LogP contribution in [0.2, 0.25) is 0 Å². The van der Waals surface area contributed by atoms with Gasteiger partial charge in [0.15, 0.2) is 0 Å². The fourth-order valence-electron chi connectivity index (χ4n) is 5.20. The number of rotatable bonds is 11. The summed E-state index contributed by atoms with van der Waals surface area (Å²) < 4.78 is 5.88. The first-order valence-corrected chi connectivity index (χ1v) is 13.7. The van der Waals surface area contributed by atoms with Gasteiger partial charge in [0.1, 0.15) is 12.1 Å². The number of carboxylic acid groups (broad SMARTS) is 1. The summed E-state index contributed by atoms with van der Waals surface area (Å²) in [6.07, 6.45) is 10.6. The lowest BCUT2D eigenvalue weighted by Gasteiger charge is -2.38. The average molecular weight is 525 g/mol. The third-order valence-corrected chi connectivity index (χ3v) is 7.14. The lowest BCUT2D eigenvalue weighted by molar-refractivity contribution is -0.135. The van der Waals surface area contributed by atoms with Crippen molar-refractivity contribution in [2.45, 2.75) is 89.9 Å². The summed E-state index contributed by atoms with van der Waals surface area (Å²) in [5.41, 5.74) is 8.48. The summed E-state index contributed by atoms with van der Waals surface area (Å²) in [5.74, 6) is -0.608. The molecule has 8 heteroatoms. The maximum atomic E-state index is 13.4. The molecule has 0 radical (unpaired) electrons. The van der Waals surface area contributed by atoms with Gasteiger partial charge >= 0.3 is 12.1 Å². The topological polar surface area (TPSA) is 117 Å². The second-order valence-corrected chi connectivity index (χ2v) is 11.3. The first-order valence-electron chi connectivity index (χ1n) is 13.7. The number of carboxylic acids is 1. The number of carbonyl (C=O) groups is 2. The summed E-state index contributed by atoms with van der Waals surface area (Å²) in [6, 6.07) is 11.0. The van der Waals surface area contributed by atoms with Crippen LogP contribution in [-0.2, 0) is 9.53 Å². The maximum Gasteiger partial charge on any atom is 0.410 e. The zero-order valence-corrected chi connectivity index (χ0v) is 23.2. The Morgan fingerprint density at radius 3 is 2.45 bits per heavy atom. The predicted molar refractivity (Wildman–Crippen MR) is 152 cm³/mol. The molecule has 0 saturated heterocycles. The molecule has 208 valence electrons. The van der Waals surface area contributed by atoms with Gasteiger partial charge in [0.2, 0.25) is 0 Å². The Balaban J connectivity index is 1.63. The second kappa shape index (κ2) is 13.6. The molecular weight excluding hydrogens is 480 g/mol. The molecule has 8 nitrogen and oxygen atoms in total. The van der Waals surface area contributed by atoms with E-state index in [0.29, 0.717) is 18.5 Å². The number of nitrogens with one attached hydrogen (secondary N) is 1. The van der Waals surface area contributed by atoms with Crippen LogP contribution in [0.3, 0.4) is 0 Å². The number of benzene rings is 1. The number of amides is 1. The highest BCUT2D eigenvalue weighted by Crippen LogP contribution is 2.46. The Hall–Kier alpha value is -3.13. The molecule has 38 heavy (non-hydrogen) atoms. The summed E-state index contributed by atoms with van der Waals surface area (Å²) in [5, 5.41) is 12.3. The third kappa shape index (κ3) is 9.01. The molecule has 3 rings (SSSR count). The normalized spacial score (nSPS) is 24.3. The quantitative estimate of drug-likeness (QED) is 0.351. The molecule has 0 heterocycles. The van der Waals surface area contributed by atoms with E-state index in [1.54, 1.807) is 0 Å². The lowest BCUT2D eigenvalue weighted by atomic mass is 9.89. The number of carbonyl (C=O) groups excluding carboxylic acids is 1. The SMILES string of the molecule is CC/C(=C\c1ccccc1)[C@@H]1C[C@H]1N(C(=O)OC(C)(C)C)C1CCC(NCC(C=NCC(=O)O)=CN)CC1. The van der Waals surface area contributed by atoms with Crippen LogP contribution in [0.25, 0.3) is 6.08 Å². The van der Waals surface area contributed by atoms with Gasteiger partial charge in [0.25, 0.3) is 0 Å². The number of hydrogen-bond donors (Lipinski definition) is 3. The van der Waals surface area contributed by atoms with E-state index < -0.39 is 11.6 Å². The minimum atomic E-state index is -0.974. The van der Waals surface area contributed by atoms with E-state index in [-0.39, 0.29) is 24.7 Å². The highest BCUT2D eigenvalue weighted by Gasteiger charge is 2.49. The molecule has 0 unspecified atom stereocenters. The smallest absolute Gasteiger partial charge is 0.410 e. The van der Waals surface area contributed by atoms with Gasteiger partial charge in [-0.05, 0) is 76.6 Å². The van der Waals surface area contributed by atoms with Gasteiger partial charge in [0.05, 0.1) is 0 Å². The van der Waals surface area contributed by atoms with Crippen LogP contribution >= 0.6 is 0 Å². The van der Waals surface area contributed by atoms with Crippen LogP contribution in [0.1, 0.15) is 71.8 Å². The summed E-state index contributed by atoms with van der Waals surface area (Å²) in [6.45, 7) is 8.20. The van der Waals surface area contributed by atoms with E-state index in [2.05, 4.69) is 47.6 Å². The van der Waals surface area contributed by atoms with Crippen molar-refractivity contribution in [1.29, 1.82) is 0 Å². The van der Waals surface area contributed by atoms with Gasteiger partial charge in [-0.15, -0.1) is 0 Å². The molecular formula is C30H44N4O4. The fourth-order valence-corrected chi connectivity index (χ4v) is 5.20. The van der Waals surface area contributed by atoms with E-state index >= 15 is 0 Å². The van der Waals surface area contributed by atoms with Crippen molar-refractivity contribution in [1.82, 2.24) is 10.2 Å². The number of nitrogens with two attached hydrogens (primary N) is 1. The van der Waals surface area contributed by atoms with Crippen LogP contribution in [0.15, 0.2) is 52.7 Å². The standard InChI is InChI=1S/C30H44N4O4/c1-5-23(15-21-9-7-6-8-10-21)26-16-27(26)34(29(37)38-30(2,3)4)25-13-11-24(12-14-25)33-19-22(17-31)18-32-20-28(35)36/h6-10,15,17-18,24-27,33H,5,11-14,16,19-20,31H2,1-4H3,(H,35,36)/b22-17?,23-15+,32-18?/t24?,25?,26-,27+/m0/s1. The van der Waals surface area contributed by atoms with Crippen LogP contribution in [-0.4, -0.2) is 65.1 Å². The predicted octanol–water partition coefficient (Wildman–Crippen LogP) is 5.00. The van der Waals surface area contributed by atoms with Crippen LogP contribution in [0.4, 0.5) is 4.79 Å². The molecule has 1 amide bonds. The van der Waals surface area contributed by atoms with Crippen molar-refractivity contribution < 1.29 is 19.4 Å². The van der Waals surface area contributed by atoms with Crippen LogP contribution < -0.4 is 11.1 Å². The van der Waals surface area contributed by atoms with Crippen molar-refractivity contribution in [2.24, 2.45) is 16.6 Å². The molecule has 2 atom stereocenters. The summed E-state index contributed by atoms with van der Waals surface area (Å²) in [7, 11) is 0. The fraction of sp³-hybridized carbons (Fsp3) is 0.567. The lowest BCUT2D eigenvalue weighted by Crippen LogP contribution is -2.48. The van der Waals surface area contributed by atoms with Crippen molar-refractivity contribution in [3.8, 4) is 0 Å². The van der Waals surface area contributed by atoms with Gasteiger partial charge in [0, 0.05) is 36.8 Å². The minimum absolute atomic E-state index is 0.148. The molecule has 1 aromatic carbocycles. The van der Waals surface area contributed by atoms with E-state index in [1.807, 2.05) is 31.7 Å². The average Bonchev–Trinajstić information content (AvgIpc) is 3.65. The molecule has 1 aromatic rings. The largest absolute Gasteiger partial charge is 0.480 e. The summed E-state index contributed by atoms with van der Waals surface area (Å²) >= 11 is 0. The third-order valence-electron chi connectivity index (χ3n) is 7.14. The molecule has 2 fully saturated rings. The molecule has 2 saturated carbocycles. The van der Waals surface area contributed by atoms with Gasteiger partial charge in [-0.2, -0.15) is 0 Å². The van der Waals surface area contributed by atoms with E-state index in [0.717, 1.165) is 44.1 Å². The van der Waals surface area contributed by atoms with E-state index in [1.165, 1.54) is 23.6 Å². The molecule has 4 N–H and O–H groups in total. The van der Waals surface area contributed by atoms with Crippen LogP contribution in [0.5, 0.6) is 0 Å². The van der Waals surface area contributed by atoms with Crippen molar-refractivity contribution in [2.75, 3.05) is 13.1 Å². The number of ether oxygens (including phenoxy) is 1. The molecule has 0 spiro atoms. The number of aliphatic carboxylic acids is 1. The molecule has 2 aliphatic carbocycles. The first kappa shape index (κ1) is 29.4. The van der Waals surface area contributed by atoms with Gasteiger partial charge in [-0.1, -0.05) is 48.9 Å². The Labute approximate surface area is 227 Å². The molecule has 2 aliphatic rings. The Bertz CT molecular complexity index is 1020. The Morgan fingerprint density at radius 2 is 1.87 bits per heavy atom. The molecule has 0 aromatic heterocycles. The van der Waals surface area contributed by atoms with Crippen molar-refractivity contribution >= 4 is 24.4 Å². The van der Waals surface area contributed by atoms with E-state index in [4.69, 9.17) is 15.6 Å². The first-order chi connectivity index (χ1) is 18.1. The highest BCUT2D eigenvalue weighted by molar-refractivity contribution is 5.81. The van der Waals surface area contributed by atoms with E-state index in [9.17, 15) is 9.59 Å². The van der Waals surface area contributed by atoms with Gasteiger partial charge in [-0.25, -0.2) is 4.79 Å². The number of nitrogens with zero attached hydrogens (tertiary/aromatic N) is 2. The highest BCUT2D eigenvalue weighted by atomic mass is 16.6. The van der Waals surface area contributed by atoms with Crippen LogP contribution in [0, 0.1) is 5.92 Å².